The molecule has 2 heterocycles. The second kappa shape index (κ2) is 4.29. The highest BCUT2D eigenvalue weighted by Gasteiger charge is 2.26. The minimum absolute atomic E-state index is 0. The SMILES string of the molecule is C1CNC2CCNCC2C1.Cl. The smallest absolute Gasteiger partial charge is 0.0119 e. The lowest BCUT2D eigenvalue weighted by Gasteiger charge is -2.36. The molecule has 0 aromatic rings. The molecule has 0 saturated carbocycles. The Morgan fingerprint density at radius 3 is 2.82 bits per heavy atom. The van der Waals surface area contributed by atoms with Crippen LogP contribution in [0.15, 0.2) is 0 Å². The molecule has 0 aromatic carbocycles. The lowest BCUT2D eigenvalue weighted by atomic mass is 9.86. The number of halogens is 1. The summed E-state index contributed by atoms with van der Waals surface area (Å²) in [4.78, 5) is 0. The van der Waals surface area contributed by atoms with E-state index in [9.17, 15) is 0 Å². The quantitative estimate of drug-likeness (QED) is 0.570. The third kappa shape index (κ3) is 2.08. The van der Waals surface area contributed by atoms with E-state index in [-0.39, 0.29) is 12.4 Å². The van der Waals surface area contributed by atoms with Crippen molar-refractivity contribution >= 4 is 12.4 Å². The van der Waals surface area contributed by atoms with Gasteiger partial charge in [-0.2, -0.15) is 0 Å². The Balaban J connectivity index is 0.000000605. The average Bonchev–Trinajstić information content (AvgIpc) is 2.05. The van der Waals surface area contributed by atoms with E-state index in [1.165, 1.54) is 38.9 Å². The zero-order valence-electron chi connectivity index (χ0n) is 6.81. The van der Waals surface area contributed by atoms with E-state index in [4.69, 9.17) is 0 Å². The topological polar surface area (TPSA) is 24.1 Å². The summed E-state index contributed by atoms with van der Waals surface area (Å²) in [6.07, 6.45) is 4.15. The molecule has 2 fully saturated rings. The molecule has 2 aliphatic heterocycles. The summed E-state index contributed by atoms with van der Waals surface area (Å²) in [5.74, 6) is 0.933. The zero-order valence-corrected chi connectivity index (χ0v) is 7.62. The molecule has 2 atom stereocenters. The normalized spacial score (nSPS) is 37.1. The molecule has 0 amide bonds. The zero-order chi connectivity index (χ0) is 6.81. The van der Waals surface area contributed by atoms with Gasteiger partial charge >= 0.3 is 0 Å². The van der Waals surface area contributed by atoms with Gasteiger partial charge in [0.25, 0.3) is 0 Å². The summed E-state index contributed by atoms with van der Waals surface area (Å²) in [5, 5.41) is 7.02. The van der Waals surface area contributed by atoms with Crippen LogP contribution in [0.1, 0.15) is 19.3 Å². The van der Waals surface area contributed by atoms with Crippen molar-refractivity contribution in [1.82, 2.24) is 10.6 Å². The number of piperidine rings is 2. The lowest BCUT2D eigenvalue weighted by Crippen LogP contribution is -2.50. The molecule has 0 aromatic heterocycles. The predicted molar refractivity (Wildman–Crippen MR) is 49.2 cm³/mol. The maximum absolute atomic E-state index is 3.58. The van der Waals surface area contributed by atoms with Gasteiger partial charge in [0.15, 0.2) is 0 Å². The molecular formula is C8H17ClN2. The average molecular weight is 177 g/mol. The molecule has 2 nitrogen and oxygen atoms in total. The Labute approximate surface area is 74.5 Å². The first-order valence-corrected chi connectivity index (χ1v) is 4.41. The van der Waals surface area contributed by atoms with Crippen molar-refractivity contribution in [1.29, 1.82) is 0 Å². The molecule has 0 bridgehead atoms. The second-order valence-corrected chi connectivity index (χ2v) is 3.46. The minimum Gasteiger partial charge on any atom is -0.316 e. The van der Waals surface area contributed by atoms with Crippen LogP contribution in [0, 0.1) is 5.92 Å². The third-order valence-corrected chi connectivity index (χ3v) is 2.77. The summed E-state index contributed by atoms with van der Waals surface area (Å²) in [6, 6.07) is 0.843. The number of fused-ring (bicyclic) bond motifs is 1. The van der Waals surface area contributed by atoms with Crippen LogP contribution < -0.4 is 10.6 Å². The number of hydrogen-bond acceptors (Lipinski definition) is 2. The Hall–Kier alpha value is 0.210. The molecule has 2 unspecified atom stereocenters. The molecule has 0 radical (unpaired) electrons. The monoisotopic (exact) mass is 176 g/mol. The summed E-state index contributed by atoms with van der Waals surface area (Å²) in [7, 11) is 0. The third-order valence-electron chi connectivity index (χ3n) is 2.77. The van der Waals surface area contributed by atoms with Crippen LogP contribution >= 0.6 is 12.4 Å². The van der Waals surface area contributed by atoms with Gasteiger partial charge in [0.2, 0.25) is 0 Å². The molecule has 2 rings (SSSR count). The number of nitrogens with one attached hydrogen (secondary N) is 2. The maximum Gasteiger partial charge on any atom is 0.0119 e. The van der Waals surface area contributed by atoms with Gasteiger partial charge in [0.05, 0.1) is 0 Å². The van der Waals surface area contributed by atoms with Gasteiger partial charge in [-0.1, -0.05) is 0 Å². The minimum atomic E-state index is 0. The van der Waals surface area contributed by atoms with Crippen LogP contribution in [-0.2, 0) is 0 Å². The van der Waals surface area contributed by atoms with Gasteiger partial charge in [-0.25, -0.2) is 0 Å². The molecule has 2 aliphatic rings. The van der Waals surface area contributed by atoms with Crippen molar-refractivity contribution in [2.45, 2.75) is 25.3 Å². The summed E-state index contributed by atoms with van der Waals surface area (Å²) in [6.45, 7) is 3.72. The van der Waals surface area contributed by atoms with Gasteiger partial charge in [-0.15, -0.1) is 12.4 Å². The van der Waals surface area contributed by atoms with Crippen LogP contribution in [0.25, 0.3) is 0 Å². The van der Waals surface area contributed by atoms with E-state index in [2.05, 4.69) is 10.6 Å². The van der Waals surface area contributed by atoms with Gasteiger partial charge in [0, 0.05) is 6.04 Å². The van der Waals surface area contributed by atoms with E-state index in [0.717, 1.165) is 12.0 Å². The first kappa shape index (κ1) is 9.30. The van der Waals surface area contributed by atoms with Crippen LogP contribution in [0.5, 0.6) is 0 Å². The lowest BCUT2D eigenvalue weighted by molar-refractivity contribution is 0.226. The Morgan fingerprint density at radius 1 is 1.09 bits per heavy atom. The van der Waals surface area contributed by atoms with Crippen LogP contribution in [-0.4, -0.2) is 25.7 Å². The van der Waals surface area contributed by atoms with E-state index in [1.54, 1.807) is 0 Å². The van der Waals surface area contributed by atoms with E-state index in [1.807, 2.05) is 0 Å². The molecule has 2 N–H and O–H groups in total. The summed E-state index contributed by atoms with van der Waals surface area (Å²) in [5.41, 5.74) is 0. The molecule has 2 saturated heterocycles. The van der Waals surface area contributed by atoms with Crippen molar-refractivity contribution in [3.63, 3.8) is 0 Å². The van der Waals surface area contributed by atoms with Crippen LogP contribution in [0.2, 0.25) is 0 Å². The highest BCUT2D eigenvalue weighted by Crippen LogP contribution is 2.20. The molecule has 3 heteroatoms. The van der Waals surface area contributed by atoms with Crippen molar-refractivity contribution in [2.75, 3.05) is 19.6 Å². The van der Waals surface area contributed by atoms with Gasteiger partial charge in [-0.05, 0) is 44.8 Å². The fraction of sp³-hybridized carbons (Fsp3) is 1.00. The Kier molecular flexibility index (Phi) is 3.63. The highest BCUT2D eigenvalue weighted by molar-refractivity contribution is 5.85. The fourth-order valence-electron chi connectivity index (χ4n) is 2.15. The molecule has 0 aliphatic carbocycles. The molecule has 0 spiro atoms. The van der Waals surface area contributed by atoms with E-state index >= 15 is 0 Å². The summed E-state index contributed by atoms with van der Waals surface area (Å²) < 4.78 is 0. The van der Waals surface area contributed by atoms with Crippen molar-refractivity contribution in [3.05, 3.63) is 0 Å². The molecular weight excluding hydrogens is 160 g/mol. The van der Waals surface area contributed by atoms with Crippen molar-refractivity contribution in [3.8, 4) is 0 Å². The Bertz CT molecular complexity index is 92.7. The highest BCUT2D eigenvalue weighted by atomic mass is 35.5. The predicted octanol–water partition coefficient (Wildman–Crippen LogP) is 0.770. The number of rotatable bonds is 0. The molecule has 66 valence electrons. The number of hydrogen-bond donors (Lipinski definition) is 2. The van der Waals surface area contributed by atoms with Crippen molar-refractivity contribution in [2.24, 2.45) is 5.92 Å². The second-order valence-electron chi connectivity index (χ2n) is 3.46. The van der Waals surface area contributed by atoms with Crippen LogP contribution in [0.4, 0.5) is 0 Å². The van der Waals surface area contributed by atoms with Gasteiger partial charge in [-0.3, -0.25) is 0 Å². The van der Waals surface area contributed by atoms with Crippen molar-refractivity contribution < 1.29 is 0 Å². The maximum atomic E-state index is 3.58. The molecule has 11 heavy (non-hydrogen) atoms. The standard InChI is InChI=1S/C8H16N2.ClH/c1-2-7-6-9-5-3-8(7)10-4-1;/h7-10H,1-6H2;1H. The first-order chi connectivity index (χ1) is 4.97. The fourth-order valence-corrected chi connectivity index (χ4v) is 2.15. The van der Waals surface area contributed by atoms with Gasteiger partial charge in [0.1, 0.15) is 0 Å². The first-order valence-electron chi connectivity index (χ1n) is 4.41. The Morgan fingerprint density at radius 2 is 2.00 bits per heavy atom. The van der Waals surface area contributed by atoms with E-state index < -0.39 is 0 Å². The van der Waals surface area contributed by atoms with E-state index in [0.29, 0.717) is 0 Å². The van der Waals surface area contributed by atoms with Crippen LogP contribution in [0.3, 0.4) is 0 Å². The summed E-state index contributed by atoms with van der Waals surface area (Å²) >= 11 is 0. The largest absolute Gasteiger partial charge is 0.316 e. The van der Waals surface area contributed by atoms with Gasteiger partial charge < -0.3 is 10.6 Å².